The van der Waals surface area contributed by atoms with Crippen molar-refractivity contribution in [2.75, 3.05) is 0 Å². The quantitative estimate of drug-likeness (QED) is 0.406. The highest BCUT2D eigenvalue weighted by atomic mass is 16.2. The molecule has 0 aliphatic rings. The maximum absolute atomic E-state index is 12.9. The molecule has 0 fully saturated rings. The van der Waals surface area contributed by atoms with E-state index in [-0.39, 0.29) is 18.1 Å². The number of pyridine rings is 1. The van der Waals surface area contributed by atoms with Crippen LogP contribution in [-0.2, 0) is 13.1 Å². The molecule has 164 valence electrons. The Morgan fingerprint density at radius 3 is 2.52 bits per heavy atom. The van der Waals surface area contributed by atoms with Crippen molar-refractivity contribution in [2.24, 2.45) is 11.5 Å². The molecule has 0 unspecified atom stereocenters. The third kappa shape index (κ3) is 4.91. The fourth-order valence-electron chi connectivity index (χ4n) is 3.48. The summed E-state index contributed by atoms with van der Waals surface area (Å²) in [4.78, 5) is 37.2. The first-order chi connectivity index (χ1) is 16.1. The van der Waals surface area contributed by atoms with E-state index >= 15 is 0 Å². The lowest BCUT2D eigenvalue weighted by Crippen LogP contribution is -2.23. The van der Waals surface area contributed by atoms with Gasteiger partial charge in [-0.15, -0.1) is 0 Å². The number of hydrogen-bond acceptors (Lipinski definition) is 6. The molecule has 0 spiro atoms. The SMILES string of the molecule is NCc1ncc(-c2cccc(C(=O)NCc3ccccc3-c3cccnc3)c2)nc1C(N)=O. The third-order valence-electron chi connectivity index (χ3n) is 5.12. The van der Waals surface area contributed by atoms with Gasteiger partial charge in [0.15, 0.2) is 5.69 Å². The average Bonchev–Trinajstić information content (AvgIpc) is 2.87. The van der Waals surface area contributed by atoms with Gasteiger partial charge in [0.2, 0.25) is 0 Å². The lowest BCUT2D eigenvalue weighted by molar-refractivity contribution is 0.0949. The Bertz CT molecular complexity index is 1310. The first-order valence-electron chi connectivity index (χ1n) is 10.3. The van der Waals surface area contributed by atoms with Crippen molar-refractivity contribution >= 4 is 11.8 Å². The van der Waals surface area contributed by atoms with Gasteiger partial charge in [-0.3, -0.25) is 19.6 Å². The Balaban J connectivity index is 1.54. The summed E-state index contributed by atoms with van der Waals surface area (Å²) in [6.45, 7) is 0.402. The number of rotatable bonds is 7. The van der Waals surface area contributed by atoms with E-state index in [0.717, 1.165) is 16.7 Å². The van der Waals surface area contributed by atoms with Crippen LogP contribution in [-0.4, -0.2) is 26.8 Å². The van der Waals surface area contributed by atoms with Crippen LogP contribution in [0.25, 0.3) is 22.4 Å². The minimum atomic E-state index is -0.703. The lowest BCUT2D eigenvalue weighted by Gasteiger charge is -2.11. The van der Waals surface area contributed by atoms with E-state index in [1.807, 2.05) is 36.4 Å². The van der Waals surface area contributed by atoms with E-state index in [9.17, 15) is 9.59 Å². The number of nitrogens with one attached hydrogen (secondary N) is 1. The van der Waals surface area contributed by atoms with Gasteiger partial charge in [0.05, 0.1) is 17.6 Å². The largest absolute Gasteiger partial charge is 0.364 e. The Labute approximate surface area is 190 Å². The number of benzene rings is 2. The van der Waals surface area contributed by atoms with Crippen LogP contribution in [0.5, 0.6) is 0 Å². The van der Waals surface area contributed by atoms with Crippen LogP contribution in [0, 0.1) is 0 Å². The Morgan fingerprint density at radius 1 is 0.939 bits per heavy atom. The number of amides is 2. The standard InChI is InChI=1S/C25H22N6O2/c26-12-21-23(24(27)32)31-22(15-29-21)16-6-3-7-17(11-16)25(33)30-14-19-5-1-2-9-20(19)18-8-4-10-28-13-18/h1-11,13,15H,12,14,26H2,(H2,27,32)(H,30,33). The Morgan fingerprint density at radius 2 is 1.76 bits per heavy atom. The van der Waals surface area contributed by atoms with Crippen molar-refractivity contribution in [1.29, 1.82) is 0 Å². The molecule has 8 heteroatoms. The van der Waals surface area contributed by atoms with E-state index in [2.05, 4.69) is 20.3 Å². The van der Waals surface area contributed by atoms with Gasteiger partial charge < -0.3 is 16.8 Å². The summed E-state index contributed by atoms with van der Waals surface area (Å²) in [7, 11) is 0. The van der Waals surface area contributed by atoms with Gasteiger partial charge in [0.25, 0.3) is 11.8 Å². The van der Waals surface area contributed by atoms with Crippen LogP contribution in [0.15, 0.2) is 79.3 Å². The molecule has 2 aromatic heterocycles. The molecular weight excluding hydrogens is 416 g/mol. The maximum Gasteiger partial charge on any atom is 0.269 e. The van der Waals surface area contributed by atoms with Crippen molar-refractivity contribution in [2.45, 2.75) is 13.1 Å². The van der Waals surface area contributed by atoms with E-state index < -0.39 is 5.91 Å². The number of primary amides is 1. The predicted octanol–water partition coefficient (Wildman–Crippen LogP) is 2.69. The molecule has 0 bridgehead atoms. The number of carbonyl (C=O) groups is 2. The summed E-state index contributed by atoms with van der Waals surface area (Å²) >= 11 is 0. The normalized spacial score (nSPS) is 10.6. The van der Waals surface area contributed by atoms with Crippen molar-refractivity contribution in [1.82, 2.24) is 20.3 Å². The van der Waals surface area contributed by atoms with E-state index in [1.165, 1.54) is 6.20 Å². The number of aromatic nitrogens is 3. The molecule has 2 amide bonds. The predicted molar refractivity (Wildman–Crippen MR) is 125 cm³/mol. The summed E-state index contributed by atoms with van der Waals surface area (Å²) < 4.78 is 0. The lowest BCUT2D eigenvalue weighted by atomic mass is 10.0. The molecule has 4 aromatic rings. The zero-order valence-corrected chi connectivity index (χ0v) is 17.7. The number of nitrogens with two attached hydrogens (primary N) is 2. The van der Waals surface area contributed by atoms with Crippen molar-refractivity contribution in [3.05, 3.63) is 102 Å². The molecule has 2 aromatic carbocycles. The van der Waals surface area contributed by atoms with Crippen LogP contribution in [0.4, 0.5) is 0 Å². The van der Waals surface area contributed by atoms with Crippen molar-refractivity contribution in [3.8, 4) is 22.4 Å². The number of carbonyl (C=O) groups excluding carboxylic acids is 2. The molecule has 4 rings (SSSR count). The molecule has 2 heterocycles. The van der Waals surface area contributed by atoms with Gasteiger partial charge in [-0.05, 0) is 29.3 Å². The third-order valence-corrected chi connectivity index (χ3v) is 5.12. The molecule has 0 aliphatic heterocycles. The molecule has 5 N–H and O–H groups in total. The maximum atomic E-state index is 12.9. The van der Waals surface area contributed by atoms with Crippen LogP contribution in [0.2, 0.25) is 0 Å². The smallest absolute Gasteiger partial charge is 0.269 e. The highest BCUT2D eigenvalue weighted by molar-refractivity contribution is 5.96. The second kappa shape index (κ2) is 9.80. The first kappa shape index (κ1) is 21.8. The van der Waals surface area contributed by atoms with Crippen molar-refractivity contribution in [3.63, 3.8) is 0 Å². The second-order valence-electron chi connectivity index (χ2n) is 7.28. The van der Waals surface area contributed by atoms with Gasteiger partial charge >= 0.3 is 0 Å². The fraction of sp³-hybridized carbons (Fsp3) is 0.0800. The molecule has 8 nitrogen and oxygen atoms in total. The minimum absolute atomic E-state index is 0.0249. The minimum Gasteiger partial charge on any atom is -0.364 e. The van der Waals surface area contributed by atoms with E-state index in [4.69, 9.17) is 11.5 Å². The summed E-state index contributed by atoms with van der Waals surface area (Å²) in [5.74, 6) is -0.939. The van der Waals surface area contributed by atoms with Crippen LogP contribution in [0.3, 0.4) is 0 Å². The molecular formula is C25H22N6O2. The van der Waals surface area contributed by atoms with Crippen molar-refractivity contribution < 1.29 is 9.59 Å². The molecule has 0 radical (unpaired) electrons. The summed E-state index contributed by atoms with van der Waals surface area (Å²) in [6.07, 6.45) is 5.03. The summed E-state index contributed by atoms with van der Waals surface area (Å²) in [5.41, 5.74) is 15.8. The van der Waals surface area contributed by atoms with E-state index in [1.54, 1.807) is 36.7 Å². The molecule has 0 saturated heterocycles. The summed E-state index contributed by atoms with van der Waals surface area (Å²) in [5, 5.41) is 2.97. The molecule has 0 atom stereocenters. The van der Waals surface area contributed by atoms with Gasteiger partial charge in [-0.2, -0.15) is 0 Å². The topological polar surface area (TPSA) is 137 Å². The first-order valence-corrected chi connectivity index (χ1v) is 10.3. The monoisotopic (exact) mass is 438 g/mol. The van der Waals surface area contributed by atoms with Crippen LogP contribution < -0.4 is 16.8 Å². The van der Waals surface area contributed by atoms with Gasteiger partial charge in [-0.1, -0.05) is 42.5 Å². The zero-order valence-electron chi connectivity index (χ0n) is 17.7. The molecule has 33 heavy (non-hydrogen) atoms. The number of hydrogen-bond donors (Lipinski definition) is 3. The van der Waals surface area contributed by atoms with Gasteiger partial charge in [0.1, 0.15) is 0 Å². The fourth-order valence-corrected chi connectivity index (χ4v) is 3.48. The second-order valence-corrected chi connectivity index (χ2v) is 7.28. The Hall–Kier alpha value is -4.43. The van der Waals surface area contributed by atoms with Crippen LogP contribution in [0.1, 0.15) is 32.1 Å². The molecule has 0 saturated carbocycles. The highest BCUT2D eigenvalue weighted by Gasteiger charge is 2.14. The average molecular weight is 438 g/mol. The van der Waals surface area contributed by atoms with E-state index in [0.29, 0.717) is 29.1 Å². The highest BCUT2D eigenvalue weighted by Crippen LogP contribution is 2.23. The van der Waals surface area contributed by atoms with Gasteiger partial charge in [0, 0.05) is 42.2 Å². The molecule has 0 aliphatic carbocycles. The van der Waals surface area contributed by atoms with Gasteiger partial charge in [-0.25, -0.2) is 4.98 Å². The Kier molecular flexibility index (Phi) is 6.47. The number of nitrogens with zero attached hydrogens (tertiary/aromatic N) is 3. The summed E-state index contributed by atoms with van der Waals surface area (Å²) in [6, 6.07) is 18.6. The van der Waals surface area contributed by atoms with Crippen LogP contribution >= 0.6 is 0 Å². The zero-order chi connectivity index (χ0) is 23.2.